The van der Waals surface area contributed by atoms with E-state index in [1.807, 2.05) is 0 Å². The summed E-state index contributed by atoms with van der Waals surface area (Å²) < 4.78 is 87.1. The minimum atomic E-state index is -4.30. The second-order valence-corrected chi connectivity index (χ2v) is 9.83. The van der Waals surface area contributed by atoms with Crippen LogP contribution in [0.2, 0.25) is 0 Å². The fourth-order valence-electron chi connectivity index (χ4n) is 2.66. The summed E-state index contributed by atoms with van der Waals surface area (Å²) in [6.45, 7) is 1.56. The van der Waals surface area contributed by atoms with Crippen molar-refractivity contribution < 1.29 is 30.4 Å². The van der Waals surface area contributed by atoms with Gasteiger partial charge < -0.3 is 4.74 Å². The molecule has 3 aromatic carbocycles. The van der Waals surface area contributed by atoms with Crippen LogP contribution in [-0.2, 0) is 20.0 Å². The highest BCUT2D eigenvalue weighted by molar-refractivity contribution is 7.93. The van der Waals surface area contributed by atoms with Gasteiger partial charge in [-0.3, -0.25) is 9.44 Å². The van der Waals surface area contributed by atoms with Gasteiger partial charge in [0.2, 0.25) is 0 Å². The topological polar surface area (TPSA) is 102 Å². The molecule has 0 heterocycles. The lowest BCUT2D eigenvalue weighted by molar-refractivity contribution is 0.417. The van der Waals surface area contributed by atoms with Gasteiger partial charge in [-0.1, -0.05) is 18.2 Å². The lowest BCUT2D eigenvalue weighted by Gasteiger charge is -2.15. The summed E-state index contributed by atoms with van der Waals surface area (Å²) in [5.41, 5.74) is 0.588. The molecule has 31 heavy (non-hydrogen) atoms. The number of ether oxygens (including phenoxy) is 1. The van der Waals surface area contributed by atoms with Crippen LogP contribution in [0.25, 0.3) is 0 Å². The molecule has 0 bridgehead atoms. The van der Waals surface area contributed by atoms with Crippen LogP contribution in [0.1, 0.15) is 5.56 Å². The molecule has 0 atom stereocenters. The molecule has 0 aromatic heterocycles. The number of para-hydroxylation sites is 2. The Hall–Kier alpha value is -3.18. The van der Waals surface area contributed by atoms with E-state index in [1.54, 1.807) is 25.1 Å². The first-order valence-corrected chi connectivity index (χ1v) is 11.7. The second kappa shape index (κ2) is 8.52. The number of rotatable bonds is 7. The zero-order valence-corrected chi connectivity index (χ0v) is 18.0. The molecule has 3 rings (SSSR count). The average molecular weight is 469 g/mol. The minimum absolute atomic E-state index is 0.0346. The molecule has 11 heteroatoms. The van der Waals surface area contributed by atoms with Crippen molar-refractivity contribution in [2.75, 3.05) is 16.6 Å². The molecule has 0 spiro atoms. The van der Waals surface area contributed by atoms with Gasteiger partial charge >= 0.3 is 0 Å². The van der Waals surface area contributed by atoms with E-state index in [2.05, 4.69) is 9.44 Å². The maximum Gasteiger partial charge on any atom is 0.262 e. The van der Waals surface area contributed by atoms with Gasteiger partial charge in [0.15, 0.2) is 11.6 Å². The van der Waals surface area contributed by atoms with E-state index in [0.29, 0.717) is 23.4 Å². The van der Waals surface area contributed by atoms with Crippen LogP contribution >= 0.6 is 0 Å². The Labute approximate surface area is 178 Å². The van der Waals surface area contributed by atoms with Crippen molar-refractivity contribution in [3.63, 3.8) is 0 Å². The third kappa shape index (κ3) is 4.94. The van der Waals surface area contributed by atoms with E-state index in [1.165, 1.54) is 25.3 Å². The Morgan fingerprint density at radius 2 is 1.32 bits per heavy atom. The molecule has 0 fully saturated rings. The maximum absolute atomic E-state index is 13.5. The lowest BCUT2D eigenvalue weighted by Crippen LogP contribution is -2.17. The molecule has 0 unspecified atom stereocenters. The second-order valence-electron chi connectivity index (χ2n) is 6.46. The standard InChI is InChI=1S/C20H18F2N2O5S2/c1-13-7-8-15(31(27,28)23-18-5-3-4-6-20(18)29-2)12-19(13)24-30(25,26)14-9-10-16(21)17(22)11-14/h3-12,23-24H,1-2H3. The summed E-state index contributed by atoms with van der Waals surface area (Å²) in [6, 6.07) is 12.4. The Bertz CT molecular complexity index is 1340. The molecule has 0 saturated carbocycles. The first-order chi connectivity index (χ1) is 14.5. The molecule has 0 aliphatic heterocycles. The summed E-state index contributed by atoms with van der Waals surface area (Å²) in [7, 11) is -7.00. The van der Waals surface area contributed by atoms with E-state index < -0.39 is 36.6 Å². The van der Waals surface area contributed by atoms with Crippen molar-refractivity contribution in [3.8, 4) is 5.75 Å². The molecule has 0 saturated heterocycles. The van der Waals surface area contributed by atoms with E-state index >= 15 is 0 Å². The largest absolute Gasteiger partial charge is 0.495 e. The number of nitrogens with one attached hydrogen (secondary N) is 2. The highest BCUT2D eigenvalue weighted by Crippen LogP contribution is 2.28. The number of halogens is 2. The quantitative estimate of drug-likeness (QED) is 0.548. The molecule has 3 aromatic rings. The van der Waals surface area contributed by atoms with Gasteiger partial charge in [-0.2, -0.15) is 0 Å². The van der Waals surface area contributed by atoms with E-state index in [9.17, 15) is 25.6 Å². The SMILES string of the molecule is COc1ccccc1NS(=O)(=O)c1ccc(C)c(NS(=O)(=O)c2ccc(F)c(F)c2)c1. The van der Waals surface area contributed by atoms with Crippen molar-refractivity contribution in [2.24, 2.45) is 0 Å². The van der Waals surface area contributed by atoms with Gasteiger partial charge in [0, 0.05) is 0 Å². The number of anilines is 2. The fourth-order valence-corrected chi connectivity index (χ4v) is 4.89. The highest BCUT2D eigenvalue weighted by Gasteiger charge is 2.21. The van der Waals surface area contributed by atoms with Gasteiger partial charge in [0.05, 0.1) is 28.3 Å². The van der Waals surface area contributed by atoms with Crippen molar-refractivity contribution in [2.45, 2.75) is 16.7 Å². The molecule has 0 aliphatic rings. The average Bonchev–Trinajstić information content (AvgIpc) is 2.71. The van der Waals surface area contributed by atoms with Crippen LogP contribution in [-0.4, -0.2) is 23.9 Å². The fraction of sp³-hybridized carbons (Fsp3) is 0.100. The van der Waals surface area contributed by atoms with Gasteiger partial charge in [0.1, 0.15) is 5.75 Å². The van der Waals surface area contributed by atoms with Crippen molar-refractivity contribution in [1.29, 1.82) is 0 Å². The molecule has 164 valence electrons. The first kappa shape index (κ1) is 22.5. The summed E-state index contributed by atoms with van der Waals surface area (Å²) in [5, 5.41) is 0. The molecule has 0 aliphatic carbocycles. The molecule has 0 radical (unpaired) electrons. The smallest absolute Gasteiger partial charge is 0.262 e. The van der Waals surface area contributed by atoms with E-state index in [4.69, 9.17) is 4.74 Å². The predicted molar refractivity (Wildman–Crippen MR) is 112 cm³/mol. The van der Waals surface area contributed by atoms with Gasteiger partial charge in [-0.05, 0) is 55.0 Å². The van der Waals surface area contributed by atoms with Gasteiger partial charge in [0.25, 0.3) is 20.0 Å². The molecule has 7 nitrogen and oxygen atoms in total. The van der Waals surface area contributed by atoms with Crippen LogP contribution < -0.4 is 14.2 Å². The Kier molecular flexibility index (Phi) is 6.18. The molecular weight excluding hydrogens is 450 g/mol. The van der Waals surface area contributed by atoms with Crippen molar-refractivity contribution in [3.05, 3.63) is 77.9 Å². The van der Waals surface area contributed by atoms with Crippen molar-refractivity contribution in [1.82, 2.24) is 0 Å². The van der Waals surface area contributed by atoms with Crippen LogP contribution in [0, 0.1) is 18.6 Å². The normalized spacial score (nSPS) is 11.7. The number of benzene rings is 3. The van der Waals surface area contributed by atoms with Crippen LogP contribution in [0.3, 0.4) is 0 Å². The van der Waals surface area contributed by atoms with E-state index in [-0.39, 0.29) is 16.3 Å². The van der Waals surface area contributed by atoms with Crippen LogP contribution in [0.4, 0.5) is 20.2 Å². The van der Waals surface area contributed by atoms with Gasteiger partial charge in [-0.15, -0.1) is 0 Å². The van der Waals surface area contributed by atoms with Gasteiger partial charge in [-0.25, -0.2) is 25.6 Å². The minimum Gasteiger partial charge on any atom is -0.495 e. The Morgan fingerprint density at radius 1 is 0.742 bits per heavy atom. The van der Waals surface area contributed by atoms with Crippen molar-refractivity contribution >= 4 is 31.4 Å². The zero-order valence-electron chi connectivity index (χ0n) is 16.4. The number of hydrogen-bond donors (Lipinski definition) is 2. The summed E-state index contributed by atoms with van der Waals surface area (Å²) >= 11 is 0. The van der Waals surface area contributed by atoms with Crippen LogP contribution in [0.5, 0.6) is 5.75 Å². The lowest BCUT2D eigenvalue weighted by atomic mass is 10.2. The number of hydrogen-bond acceptors (Lipinski definition) is 5. The Morgan fingerprint density at radius 3 is 1.97 bits per heavy atom. The maximum atomic E-state index is 13.5. The summed E-state index contributed by atoms with van der Waals surface area (Å²) in [5.74, 6) is -2.21. The molecule has 2 N–H and O–H groups in total. The zero-order chi connectivity index (χ0) is 22.8. The third-order valence-electron chi connectivity index (χ3n) is 4.32. The highest BCUT2D eigenvalue weighted by atomic mass is 32.2. The molecular formula is C20H18F2N2O5S2. The summed E-state index contributed by atoms with van der Waals surface area (Å²) in [6.07, 6.45) is 0. The number of methoxy groups -OCH3 is 1. The predicted octanol–water partition coefficient (Wildman–Crippen LogP) is 3.88. The molecule has 0 amide bonds. The number of sulfonamides is 2. The number of aryl methyl sites for hydroxylation is 1. The van der Waals surface area contributed by atoms with Crippen LogP contribution in [0.15, 0.2) is 70.5 Å². The monoisotopic (exact) mass is 468 g/mol. The first-order valence-electron chi connectivity index (χ1n) is 8.78. The van der Waals surface area contributed by atoms with E-state index in [0.717, 1.165) is 12.1 Å². The Balaban J connectivity index is 1.95. The summed E-state index contributed by atoms with van der Waals surface area (Å²) in [4.78, 5) is -0.724. The third-order valence-corrected chi connectivity index (χ3v) is 7.04.